The normalized spacial score (nSPS) is 29.5. The standard InChI is InChI=1S/C24H18Br2ClFN2O4/c25-20-14-9-15(21(20)26)19-18(14)23(33)30(24(19)34)29(22(32)13-3-1-2-4-16(13)27)10-17(31)11-5-7-12(28)8-6-11/h1-8,14-15,18-21H,9-10H2/t14-,15-,18-,19-,20-,21+/m1/s1. The van der Waals surface area contributed by atoms with Gasteiger partial charge >= 0.3 is 0 Å². The molecule has 0 unspecified atom stereocenters. The third-order valence-corrected chi connectivity index (χ3v) is 10.5. The second-order valence-corrected chi connectivity index (χ2v) is 11.3. The number of nitrogens with zero attached hydrogens (tertiary/aromatic N) is 2. The number of Topliss-reactive ketones (excluding diaryl/α,β-unsaturated/α-hetero) is 1. The fourth-order valence-electron chi connectivity index (χ4n) is 5.44. The number of hydrazine groups is 1. The highest BCUT2D eigenvalue weighted by Gasteiger charge is 2.67. The van der Waals surface area contributed by atoms with Gasteiger partial charge in [0.15, 0.2) is 5.78 Å². The maximum Gasteiger partial charge on any atom is 0.274 e. The number of carbonyl (C=O) groups excluding carboxylic acids is 4. The smallest absolute Gasteiger partial charge is 0.274 e. The van der Waals surface area contributed by atoms with Gasteiger partial charge in [0.1, 0.15) is 12.4 Å². The molecule has 2 saturated carbocycles. The Morgan fingerprint density at radius 3 is 2.09 bits per heavy atom. The zero-order valence-corrected chi connectivity index (χ0v) is 21.5. The Kier molecular flexibility index (Phi) is 6.14. The van der Waals surface area contributed by atoms with Crippen LogP contribution in [0.15, 0.2) is 48.5 Å². The third kappa shape index (κ3) is 3.63. The van der Waals surface area contributed by atoms with Gasteiger partial charge in [-0.25, -0.2) is 9.40 Å². The van der Waals surface area contributed by atoms with Gasteiger partial charge in [-0.2, -0.15) is 5.01 Å². The number of amides is 3. The average molecular weight is 613 g/mol. The van der Waals surface area contributed by atoms with Crippen molar-refractivity contribution in [2.75, 3.05) is 6.54 Å². The van der Waals surface area contributed by atoms with Crippen LogP contribution in [0.1, 0.15) is 27.1 Å². The maximum absolute atomic E-state index is 13.6. The van der Waals surface area contributed by atoms with E-state index in [1.807, 2.05) is 0 Å². The highest BCUT2D eigenvalue weighted by Crippen LogP contribution is 2.60. The fraction of sp³-hybridized carbons (Fsp3) is 0.333. The van der Waals surface area contributed by atoms with Crippen LogP contribution in [0.25, 0.3) is 0 Å². The minimum Gasteiger partial charge on any atom is -0.292 e. The summed E-state index contributed by atoms with van der Waals surface area (Å²) in [4.78, 5) is 53.7. The van der Waals surface area contributed by atoms with Crippen LogP contribution in [-0.2, 0) is 9.59 Å². The van der Waals surface area contributed by atoms with Crippen LogP contribution in [-0.4, -0.2) is 49.7 Å². The van der Waals surface area contributed by atoms with Crippen LogP contribution in [0.4, 0.5) is 4.39 Å². The first kappa shape index (κ1) is 23.6. The molecule has 0 radical (unpaired) electrons. The van der Waals surface area contributed by atoms with Crippen molar-refractivity contribution >= 4 is 67.0 Å². The predicted molar refractivity (Wildman–Crippen MR) is 129 cm³/mol. The molecule has 2 aromatic rings. The number of fused-ring (bicyclic) bond motifs is 5. The van der Waals surface area contributed by atoms with Crippen molar-refractivity contribution in [2.45, 2.75) is 16.1 Å². The Bertz CT molecular complexity index is 1180. The zero-order valence-electron chi connectivity index (χ0n) is 17.5. The summed E-state index contributed by atoms with van der Waals surface area (Å²) in [5.74, 6) is -3.98. The third-order valence-electron chi connectivity index (χ3n) is 7.00. The number of hydrogen-bond acceptors (Lipinski definition) is 4. The van der Waals surface area contributed by atoms with Gasteiger partial charge in [0.25, 0.3) is 17.7 Å². The Morgan fingerprint density at radius 1 is 0.971 bits per heavy atom. The van der Waals surface area contributed by atoms with Crippen molar-refractivity contribution in [2.24, 2.45) is 23.7 Å². The first-order valence-corrected chi connectivity index (χ1v) is 12.9. The maximum atomic E-state index is 13.6. The van der Waals surface area contributed by atoms with Gasteiger partial charge in [0.2, 0.25) is 0 Å². The number of alkyl halides is 2. The largest absolute Gasteiger partial charge is 0.292 e. The summed E-state index contributed by atoms with van der Waals surface area (Å²) in [7, 11) is 0. The van der Waals surface area contributed by atoms with Crippen molar-refractivity contribution < 1.29 is 23.6 Å². The van der Waals surface area contributed by atoms with Crippen LogP contribution >= 0.6 is 43.5 Å². The van der Waals surface area contributed by atoms with Gasteiger partial charge in [-0.15, -0.1) is 0 Å². The zero-order chi connectivity index (χ0) is 24.3. The summed E-state index contributed by atoms with van der Waals surface area (Å²) >= 11 is 13.5. The summed E-state index contributed by atoms with van der Waals surface area (Å²) in [6.45, 7) is -0.572. The molecule has 3 amide bonds. The number of hydrogen-bond donors (Lipinski definition) is 0. The monoisotopic (exact) mass is 610 g/mol. The van der Waals surface area contributed by atoms with Crippen LogP contribution in [0.5, 0.6) is 0 Å². The molecule has 6 nitrogen and oxygen atoms in total. The molecule has 6 atom stereocenters. The van der Waals surface area contributed by atoms with Crippen molar-refractivity contribution in [3.8, 4) is 0 Å². The van der Waals surface area contributed by atoms with Crippen LogP contribution in [0, 0.1) is 29.5 Å². The molecule has 5 rings (SSSR count). The fourth-order valence-corrected chi connectivity index (χ4v) is 7.53. The lowest BCUT2D eigenvalue weighted by atomic mass is 9.81. The average Bonchev–Trinajstić information content (AvgIpc) is 3.43. The van der Waals surface area contributed by atoms with Crippen LogP contribution in [0.2, 0.25) is 5.02 Å². The lowest BCUT2D eigenvalue weighted by molar-refractivity contribution is -0.154. The van der Waals surface area contributed by atoms with E-state index in [9.17, 15) is 23.6 Å². The summed E-state index contributed by atoms with van der Waals surface area (Å²) in [6, 6.07) is 11.1. The molecule has 1 saturated heterocycles. The molecule has 1 aliphatic heterocycles. The van der Waals surface area contributed by atoms with E-state index in [2.05, 4.69) is 31.9 Å². The minimum atomic E-state index is -0.735. The molecule has 0 spiro atoms. The number of rotatable bonds is 5. The molecule has 1 heterocycles. The quantitative estimate of drug-likeness (QED) is 0.283. The van der Waals surface area contributed by atoms with Crippen LogP contribution < -0.4 is 0 Å². The van der Waals surface area contributed by atoms with Crippen molar-refractivity contribution in [3.05, 3.63) is 70.5 Å². The van der Waals surface area contributed by atoms with E-state index < -0.39 is 47.7 Å². The van der Waals surface area contributed by atoms with E-state index in [1.165, 1.54) is 24.3 Å². The second-order valence-electron chi connectivity index (χ2n) is 8.76. The number of ketones is 1. The molecule has 34 heavy (non-hydrogen) atoms. The summed E-state index contributed by atoms with van der Waals surface area (Å²) < 4.78 is 13.3. The molecular formula is C24H18Br2ClFN2O4. The van der Waals surface area contributed by atoms with E-state index in [0.29, 0.717) is 0 Å². The van der Waals surface area contributed by atoms with Gasteiger partial charge < -0.3 is 0 Å². The first-order valence-electron chi connectivity index (χ1n) is 10.7. The summed E-state index contributed by atoms with van der Waals surface area (Å²) in [5, 5.41) is 1.86. The van der Waals surface area contributed by atoms with E-state index in [-0.39, 0.29) is 37.6 Å². The highest BCUT2D eigenvalue weighted by atomic mass is 79.9. The lowest BCUT2D eigenvalue weighted by Crippen LogP contribution is -2.52. The lowest BCUT2D eigenvalue weighted by Gasteiger charge is -2.31. The highest BCUT2D eigenvalue weighted by molar-refractivity contribution is 9.12. The van der Waals surface area contributed by atoms with E-state index in [1.54, 1.807) is 12.1 Å². The van der Waals surface area contributed by atoms with E-state index in [4.69, 9.17) is 11.6 Å². The van der Waals surface area contributed by atoms with E-state index in [0.717, 1.165) is 28.6 Å². The topological polar surface area (TPSA) is 74.8 Å². The summed E-state index contributed by atoms with van der Waals surface area (Å²) in [5.41, 5.74) is 0.215. The van der Waals surface area contributed by atoms with Crippen LogP contribution in [0.3, 0.4) is 0 Å². The molecule has 0 aromatic heterocycles. The molecule has 3 aliphatic rings. The van der Waals surface area contributed by atoms with Crippen molar-refractivity contribution in [3.63, 3.8) is 0 Å². The SMILES string of the molecule is O=C(CN(C(=O)c1ccccc1Cl)N1C(=O)[C@@H]2[C@H]3C[C@@H]([C@@H](Br)[C@H]3Br)[C@H]2C1=O)c1ccc(F)cc1. The predicted octanol–water partition coefficient (Wildman–Crippen LogP) is 4.50. The Hall–Kier alpha value is -2.10. The molecule has 176 valence electrons. The van der Waals surface area contributed by atoms with Crippen molar-refractivity contribution in [1.29, 1.82) is 0 Å². The Labute approximate surface area is 216 Å². The molecule has 2 aliphatic carbocycles. The number of carbonyl (C=O) groups is 4. The molecular weight excluding hydrogens is 595 g/mol. The second kappa shape index (κ2) is 8.84. The molecule has 2 bridgehead atoms. The minimum absolute atomic E-state index is 0.0315. The Morgan fingerprint density at radius 2 is 1.53 bits per heavy atom. The molecule has 0 N–H and O–H groups in total. The first-order chi connectivity index (χ1) is 16.2. The van der Waals surface area contributed by atoms with E-state index >= 15 is 0 Å². The van der Waals surface area contributed by atoms with Gasteiger partial charge in [-0.1, -0.05) is 55.6 Å². The summed E-state index contributed by atoms with van der Waals surface area (Å²) in [6.07, 6.45) is 0.736. The number of halogens is 4. The van der Waals surface area contributed by atoms with Gasteiger partial charge in [-0.3, -0.25) is 19.2 Å². The van der Waals surface area contributed by atoms with Gasteiger partial charge in [0.05, 0.1) is 22.4 Å². The number of imide groups is 1. The molecule has 10 heteroatoms. The molecule has 3 fully saturated rings. The Balaban J connectivity index is 1.52. The van der Waals surface area contributed by atoms with Gasteiger partial charge in [0, 0.05) is 15.2 Å². The number of benzene rings is 2. The van der Waals surface area contributed by atoms with Gasteiger partial charge in [-0.05, 0) is 54.7 Å². The molecule has 2 aromatic carbocycles. The van der Waals surface area contributed by atoms with Crippen molar-refractivity contribution in [1.82, 2.24) is 10.0 Å².